The minimum absolute atomic E-state index is 0.0176. The van der Waals surface area contributed by atoms with Crippen LogP contribution in [0.2, 0.25) is 0 Å². The molecule has 0 saturated carbocycles. The predicted octanol–water partition coefficient (Wildman–Crippen LogP) is 1.82. The summed E-state index contributed by atoms with van der Waals surface area (Å²) in [5.74, 6) is -0.178. The normalized spacial score (nSPS) is 16.8. The van der Waals surface area contributed by atoms with Gasteiger partial charge in [0.15, 0.2) is 0 Å². The van der Waals surface area contributed by atoms with Gasteiger partial charge in [0.05, 0.1) is 0 Å². The number of nitrogens with zero attached hydrogens (tertiary/aromatic N) is 1. The van der Waals surface area contributed by atoms with Crippen LogP contribution in [0.1, 0.15) is 36.5 Å². The Hall–Kier alpha value is -1.84. The Bertz CT molecular complexity index is 439. The number of nitrogens with one attached hydrogen (secondary N) is 1. The van der Waals surface area contributed by atoms with Gasteiger partial charge in [-0.15, -0.1) is 0 Å². The van der Waals surface area contributed by atoms with Crippen molar-refractivity contribution in [2.24, 2.45) is 0 Å². The number of carbonyl (C=O) groups is 2. The molecule has 2 rings (SSSR count). The fraction of sp³-hybridized carbons (Fsp3) is 0.467. The first-order valence-corrected chi connectivity index (χ1v) is 6.83. The van der Waals surface area contributed by atoms with Crippen molar-refractivity contribution in [2.45, 2.75) is 32.2 Å². The number of benzene rings is 1. The minimum Gasteiger partial charge on any atom is -0.341 e. The van der Waals surface area contributed by atoms with Crippen molar-refractivity contribution in [2.75, 3.05) is 13.1 Å². The van der Waals surface area contributed by atoms with Gasteiger partial charge in [0, 0.05) is 18.7 Å². The lowest BCUT2D eigenvalue weighted by Crippen LogP contribution is -2.48. The molecule has 0 aliphatic carbocycles. The van der Waals surface area contributed by atoms with Crippen LogP contribution in [-0.2, 0) is 4.79 Å². The third kappa shape index (κ3) is 3.56. The van der Waals surface area contributed by atoms with Gasteiger partial charge in [0.1, 0.15) is 6.04 Å². The quantitative estimate of drug-likeness (QED) is 0.901. The number of hydrogen-bond acceptors (Lipinski definition) is 2. The van der Waals surface area contributed by atoms with E-state index in [1.165, 1.54) is 6.42 Å². The number of piperidine rings is 1. The lowest BCUT2D eigenvalue weighted by atomic mass is 10.1. The van der Waals surface area contributed by atoms with E-state index in [1.54, 1.807) is 19.1 Å². The number of hydrogen-bond donors (Lipinski definition) is 1. The van der Waals surface area contributed by atoms with Crippen LogP contribution in [0.25, 0.3) is 0 Å². The van der Waals surface area contributed by atoms with Crippen molar-refractivity contribution in [1.82, 2.24) is 10.2 Å². The Labute approximate surface area is 113 Å². The minimum atomic E-state index is -0.467. The Kier molecular flexibility index (Phi) is 4.55. The van der Waals surface area contributed by atoms with Crippen LogP contribution in [0, 0.1) is 0 Å². The van der Waals surface area contributed by atoms with Crippen LogP contribution in [0.4, 0.5) is 0 Å². The average molecular weight is 260 g/mol. The van der Waals surface area contributed by atoms with Crippen molar-refractivity contribution >= 4 is 11.8 Å². The van der Waals surface area contributed by atoms with Crippen LogP contribution in [0.15, 0.2) is 30.3 Å². The number of amides is 2. The summed E-state index contributed by atoms with van der Waals surface area (Å²) in [6.07, 6.45) is 3.31. The molecule has 1 atom stereocenters. The molecule has 1 aromatic carbocycles. The van der Waals surface area contributed by atoms with Gasteiger partial charge in [-0.2, -0.15) is 0 Å². The fourth-order valence-electron chi connectivity index (χ4n) is 2.32. The molecule has 1 saturated heterocycles. The zero-order valence-corrected chi connectivity index (χ0v) is 11.3. The van der Waals surface area contributed by atoms with Gasteiger partial charge in [-0.05, 0) is 38.3 Å². The van der Waals surface area contributed by atoms with E-state index in [0.717, 1.165) is 25.9 Å². The zero-order chi connectivity index (χ0) is 13.7. The van der Waals surface area contributed by atoms with E-state index in [0.29, 0.717) is 5.56 Å². The highest BCUT2D eigenvalue weighted by Gasteiger charge is 2.23. The summed E-state index contributed by atoms with van der Waals surface area (Å²) in [7, 11) is 0. The second kappa shape index (κ2) is 6.36. The molecule has 1 fully saturated rings. The van der Waals surface area contributed by atoms with Crippen LogP contribution in [0.5, 0.6) is 0 Å². The van der Waals surface area contributed by atoms with E-state index in [9.17, 15) is 9.59 Å². The predicted molar refractivity (Wildman–Crippen MR) is 73.8 cm³/mol. The maximum absolute atomic E-state index is 12.2. The van der Waals surface area contributed by atoms with Crippen molar-refractivity contribution in [3.8, 4) is 0 Å². The second-order valence-electron chi connectivity index (χ2n) is 4.95. The molecule has 1 aliphatic rings. The van der Waals surface area contributed by atoms with Crippen LogP contribution < -0.4 is 5.32 Å². The average Bonchev–Trinajstić information content (AvgIpc) is 2.48. The van der Waals surface area contributed by atoms with Gasteiger partial charge in [-0.25, -0.2) is 0 Å². The molecule has 1 N–H and O–H groups in total. The first-order valence-electron chi connectivity index (χ1n) is 6.83. The van der Waals surface area contributed by atoms with E-state index in [2.05, 4.69) is 5.32 Å². The standard InChI is InChI=1S/C15H20N2O2/c1-12(15(19)17-10-6-3-7-11-17)16-14(18)13-8-4-2-5-9-13/h2,4-5,8-9,12H,3,6-7,10-11H2,1H3,(H,16,18)/t12-/m0/s1. The summed E-state index contributed by atoms with van der Waals surface area (Å²) in [5.41, 5.74) is 0.584. The molecule has 0 bridgehead atoms. The summed E-state index contributed by atoms with van der Waals surface area (Å²) in [5, 5.41) is 2.76. The van der Waals surface area contributed by atoms with E-state index in [4.69, 9.17) is 0 Å². The van der Waals surface area contributed by atoms with Crippen molar-refractivity contribution in [1.29, 1.82) is 0 Å². The van der Waals surface area contributed by atoms with Gasteiger partial charge >= 0.3 is 0 Å². The maximum atomic E-state index is 12.2. The summed E-state index contributed by atoms with van der Waals surface area (Å²) in [6, 6.07) is 8.50. The van der Waals surface area contributed by atoms with Gasteiger partial charge in [0.25, 0.3) is 5.91 Å². The molecule has 0 spiro atoms. The molecule has 0 unspecified atom stereocenters. The number of carbonyl (C=O) groups excluding carboxylic acids is 2. The Morgan fingerprint density at radius 3 is 2.37 bits per heavy atom. The van der Waals surface area contributed by atoms with Crippen LogP contribution in [-0.4, -0.2) is 35.8 Å². The summed E-state index contributed by atoms with van der Waals surface area (Å²) in [6.45, 7) is 3.37. The van der Waals surface area contributed by atoms with Crippen molar-refractivity contribution in [3.63, 3.8) is 0 Å². The van der Waals surface area contributed by atoms with E-state index >= 15 is 0 Å². The summed E-state index contributed by atoms with van der Waals surface area (Å²) < 4.78 is 0. The lowest BCUT2D eigenvalue weighted by Gasteiger charge is -2.29. The highest BCUT2D eigenvalue weighted by Crippen LogP contribution is 2.10. The number of likely N-dealkylation sites (tertiary alicyclic amines) is 1. The molecule has 1 heterocycles. The fourth-order valence-corrected chi connectivity index (χ4v) is 2.32. The molecule has 4 heteroatoms. The van der Waals surface area contributed by atoms with Gasteiger partial charge < -0.3 is 10.2 Å². The number of rotatable bonds is 3. The first kappa shape index (κ1) is 13.6. The van der Waals surface area contributed by atoms with E-state index in [-0.39, 0.29) is 11.8 Å². The van der Waals surface area contributed by atoms with Gasteiger partial charge in [-0.3, -0.25) is 9.59 Å². The molecule has 2 amide bonds. The van der Waals surface area contributed by atoms with Gasteiger partial charge in [0.2, 0.25) is 5.91 Å². The van der Waals surface area contributed by atoms with Crippen molar-refractivity contribution < 1.29 is 9.59 Å². The molecule has 4 nitrogen and oxygen atoms in total. The molecule has 1 aliphatic heterocycles. The molecule has 1 aromatic rings. The van der Waals surface area contributed by atoms with E-state index < -0.39 is 6.04 Å². The largest absolute Gasteiger partial charge is 0.341 e. The lowest BCUT2D eigenvalue weighted by molar-refractivity contribution is -0.133. The molecule has 102 valence electrons. The smallest absolute Gasteiger partial charge is 0.251 e. The SMILES string of the molecule is C[C@H](NC(=O)c1ccccc1)C(=O)N1CCCCC1. The Morgan fingerprint density at radius 1 is 1.11 bits per heavy atom. The van der Waals surface area contributed by atoms with Gasteiger partial charge in [-0.1, -0.05) is 18.2 Å². The maximum Gasteiger partial charge on any atom is 0.251 e. The highest BCUT2D eigenvalue weighted by molar-refractivity contribution is 5.97. The third-order valence-corrected chi connectivity index (χ3v) is 3.42. The van der Waals surface area contributed by atoms with Crippen LogP contribution in [0.3, 0.4) is 0 Å². The summed E-state index contributed by atoms with van der Waals surface area (Å²) in [4.78, 5) is 26.0. The molecule has 19 heavy (non-hydrogen) atoms. The highest BCUT2D eigenvalue weighted by atomic mass is 16.2. The monoisotopic (exact) mass is 260 g/mol. The Balaban J connectivity index is 1.91. The molecular formula is C15H20N2O2. The van der Waals surface area contributed by atoms with Crippen molar-refractivity contribution in [3.05, 3.63) is 35.9 Å². The second-order valence-corrected chi connectivity index (χ2v) is 4.95. The molecular weight excluding hydrogens is 240 g/mol. The topological polar surface area (TPSA) is 49.4 Å². The summed E-state index contributed by atoms with van der Waals surface area (Å²) >= 11 is 0. The third-order valence-electron chi connectivity index (χ3n) is 3.42. The zero-order valence-electron chi connectivity index (χ0n) is 11.3. The Morgan fingerprint density at radius 2 is 1.74 bits per heavy atom. The first-order chi connectivity index (χ1) is 9.18. The van der Waals surface area contributed by atoms with Crippen LogP contribution >= 0.6 is 0 Å². The molecule has 0 radical (unpaired) electrons. The van der Waals surface area contributed by atoms with E-state index in [1.807, 2.05) is 23.1 Å². The molecule has 0 aromatic heterocycles.